The maximum atomic E-state index is 14.4. The highest BCUT2D eigenvalue weighted by Crippen LogP contribution is 2.11. The lowest BCUT2D eigenvalue weighted by Gasteiger charge is -2.28. The molecule has 0 saturated heterocycles. The second-order valence-electron chi connectivity index (χ2n) is 15.4. The Balaban J connectivity index is 1.93. The molecule has 3 rings (SSSR count). The maximum absolute atomic E-state index is 14.4. The minimum atomic E-state index is -1.42. The molecule has 0 aliphatic rings. The van der Waals surface area contributed by atoms with Gasteiger partial charge in [-0.1, -0.05) is 91.0 Å². The zero-order chi connectivity index (χ0) is 46.9. The van der Waals surface area contributed by atoms with Gasteiger partial charge in [-0.2, -0.15) is 0 Å². The molecule has 0 bridgehead atoms. The monoisotopic (exact) mass is 888 g/mol. The van der Waals surface area contributed by atoms with Gasteiger partial charge in [0.15, 0.2) is 0 Å². The van der Waals surface area contributed by atoms with Crippen molar-refractivity contribution in [1.82, 2.24) is 31.9 Å². The fourth-order valence-electron chi connectivity index (χ4n) is 6.63. The second kappa shape index (κ2) is 28.4. The number of unbranched alkanes of at least 4 members (excludes halogenated alkanes) is 2. The first-order valence-corrected chi connectivity index (χ1v) is 21.4. The van der Waals surface area contributed by atoms with Gasteiger partial charge in [0.25, 0.3) is 0 Å². The van der Waals surface area contributed by atoms with E-state index in [-0.39, 0.29) is 32.1 Å². The summed E-state index contributed by atoms with van der Waals surface area (Å²) in [6, 6.07) is 17.4. The molecule has 3 aromatic rings. The molecule has 0 radical (unpaired) electrons. The molecule has 19 nitrogen and oxygen atoms in total. The number of aliphatic hydroxyl groups is 2. The number of benzene rings is 3. The van der Waals surface area contributed by atoms with Crippen LogP contribution in [-0.2, 0) is 52.8 Å². The highest BCUT2D eigenvalue weighted by Gasteiger charge is 2.34. The van der Waals surface area contributed by atoms with Crippen molar-refractivity contribution in [2.45, 2.75) is 100 Å². The molecule has 16 N–H and O–H groups in total. The van der Waals surface area contributed by atoms with Gasteiger partial charge in [-0.05, 0) is 68.3 Å². The Morgan fingerprint density at radius 3 is 1.02 bits per heavy atom. The Kier molecular flexibility index (Phi) is 23.2. The normalized spacial score (nSPS) is 14.3. The average molecular weight is 889 g/mol. The summed E-state index contributed by atoms with van der Waals surface area (Å²) in [5.41, 5.74) is 24.6. The van der Waals surface area contributed by atoms with Gasteiger partial charge in [-0.3, -0.25) is 33.6 Å². The van der Waals surface area contributed by atoms with E-state index in [1.807, 2.05) is 0 Å². The molecule has 3 aromatic carbocycles. The summed E-state index contributed by atoms with van der Waals surface area (Å²) in [4.78, 5) is 94.8. The van der Waals surface area contributed by atoms with Gasteiger partial charge in [0.2, 0.25) is 41.4 Å². The van der Waals surface area contributed by atoms with Gasteiger partial charge in [0, 0.05) is 19.3 Å². The lowest BCUT2D eigenvalue weighted by atomic mass is 10.0. The van der Waals surface area contributed by atoms with Crippen LogP contribution in [0.1, 0.15) is 55.2 Å². The van der Waals surface area contributed by atoms with E-state index in [4.69, 9.17) is 22.9 Å². The van der Waals surface area contributed by atoms with Crippen molar-refractivity contribution in [1.29, 1.82) is 0 Å². The highest BCUT2D eigenvalue weighted by molar-refractivity contribution is 5.97. The predicted molar refractivity (Wildman–Crippen MR) is 239 cm³/mol. The first kappa shape index (κ1) is 52.1. The van der Waals surface area contributed by atoms with Gasteiger partial charge >= 0.3 is 0 Å². The Hall–Kier alpha value is -6.25. The van der Waals surface area contributed by atoms with Crippen LogP contribution in [0.2, 0.25) is 0 Å². The summed E-state index contributed by atoms with van der Waals surface area (Å²) in [6.45, 7) is -0.838. The third-order valence-corrected chi connectivity index (χ3v) is 10.3. The number of amides is 7. The third-order valence-electron chi connectivity index (χ3n) is 10.3. The SMILES string of the molecule is NCCCC[C@H](NC(=O)[C@H](Cc1ccccc1)NC(=O)[C@H](CCCCN)NC(=O)[C@H](Cc1ccccc1)NC(=O)[C@@H](N)CO)C(=O)N[C@@H](Cc1ccccc1)C(=O)N[C@@H](CO)C(N)=O. The largest absolute Gasteiger partial charge is 0.394 e. The van der Waals surface area contributed by atoms with Gasteiger partial charge in [0.05, 0.1) is 13.2 Å². The molecule has 348 valence electrons. The van der Waals surface area contributed by atoms with Crippen LogP contribution < -0.4 is 54.8 Å². The number of nitrogens with one attached hydrogen (secondary N) is 6. The smallest absolute Gasteiger partial charge is 0.243 e. The van der Waals surface area contributed by atoms with Crippen LogP contribution in [0.5, 0.6) is 0 Å². The van der Waals surface area contributed by atoms with Crippen LogP contribution in [0.25, 0.3) is 0 Å². The quantitative estimate of drug-likeness (QED) is 0.0327. The molecule has 0 heterocycles. The van der Waals surface area contributed by atoms with Gasteiger partial charge in [-0.15, -0.1) is 0 Å². The first-order valence-electron chi connectivity index (χ1n) is 21.4. The van der Waals surface area contributed by atoms with Crippen LogP contribution in [0.4, 0.5) is 0 Å². The molecule has 0 aliphatic carbocycles. The lowest BCUT2D eigenvalue weighted by Crippen LogP contribution is -2.60. The fourth-order valence-corrected chi connectivity index (χ4v) is 6.63. The first-order chi connectivity index (χ1) is 30.8. The van der Waals surface area contributed by atoms with Crippen LogP contribution in [-0.4, -0.2) is 120 Å². The molecule has 0 spiro atoms. The number of carbonyl (C=O) groups excluding carboxylic acids is 7. The van der Waals surface area contributed by atoms with Gasteiger partial charge in [-0.25, -0.2) is 0 Å². The van der Waals surface area contributed by atoms with Crippen molar-refractivity contribution in [3.63, 3.8) is 0 Å². The molecule has 0 aromatic heterocycles. The molecule has 7 amide bonds. The van der Waals surface area contributed by atoms with E-state index in [1.54, 1.807) is 91.0 Å². The molecular formula is C45H64N10O9. The number of primary amides is 1. The summed E-state index contributed by atoms with van der Waals surface area (Å²) in [6.07, 6.45) is 1.99. The standard InChI is InChI=1S/C45H64N10O9/c46-22-12-10-20-33(50-43(62)35(52-40(59)32(48)27-56)24-29-14-4-1-5-15-29)41(60)53-36(25-30-16-6-2-7-17-30)44(63)51-34(21-11-13-23-47)42(61)54-37(26-31-18-8-3-9-19-31)45(64)55-38(28-57)39(49)58/h1-9,14-19,32-38,56-57H,10-13,20-28,46-48H2,(H2,49,58)(H,50,62)(H,51,63)(H,52,59)(H,53,60)(H,54,61)(H,55,64)/t32-,33-,34-,35-,36-,37-,38-/m0/s1. The minimum Gasteiger partial charge on any atom is -0.394 e. The van der Waals surface area contributed by atoms with Gasteiger partial charge < -0.3 is 65.0 Å². The van der Waals surface area contributed by atoms with E-state index in [0.29, 0.717) is 55.5 Å². The van der Waals surface area contributed by atoms with Crippen LogP contribution in [0.3, 0.4) is 0 Å². The van der Waals surface area contributed by atoms with Crippen LogP contribution in [0.15, 0.2) is 91.0 Å². The number of carbonyl (C=O) groups is 7. The molecule has 64 heavy (non-hydrogen) atoms. The van der Waals surface area contributed by atoms with Gasteiger partial charge in [0.1, 0.15) is 42.3 Å². The Morgan fingerprint density at radius 1 is 0.422 bits per heavy atom. The van der Waals surface area contributed by atoms with E-state index in [9.17, 15) is 43.8 Å². The average Bonchev–Trinajstić information content (AvgIpc) is 3.29. The van der Waals surface area contributed by atoms with E-state index in [0.717, 1.165) is 0 Å². The minimum absolute atomic E-state index is 0.0210. The van der Waals surface area contributed by atoms with Crippen molar-refractivity contribution < 1.29 is 43.8 Å². The summed E-state index contributed by atoms with van der Waals surface area (Å²) in [5.74, 6) is -5.50. The fraction of sp³-hybridized carbons (Fsp3) is 0.444. The second-order valence-corrected chi connectivity index (χ2v) is 15.4. The molecule has 0 unspecified atom stereocenters. The van der Waals surface area contributed by atoms with E-state index >= 15 is 0 Å². The number of hydrogen-bond donors (Lipinski definition) is 12. The van der Waals surface area contributed by atoms with E-state index < -0.39 is 96.9 Å². The van der Waals surface area contributed by atoms with E-state index in [1.165, 1.54) is 0 Å². The van der Waals surface area contributed by atoms with Crippen molar-refractivity contribution in [2.24, 2.45) is 22.9 Å². The zero-order valence-electron chi connectivity index (χ0n) is 36.0. The molecular weight excluding hydrogens is 825 g/mol. The molecule has 0 saturated carbocycles. The topological polar surface area (TPSA) is 336 Å². The van der Waals surface area contributed by atoms with Crippen molar-refractivity contribution in [3.05, 3.63) is 108 Å². The van der Waals surface area contributed by atoms with Crippen molar-refractivity contribution >= 4 is 41.4 Å². The van der Waals surface area contributed by atoms with Crippen molar-refractivity contribution in [2.75, 3.05) is 26.3 Å². The lowest BCUT2D eigenvalue weighted by molar-refractivity contribution is -0.135. The Bertz CT molecular complexity index is 1930. The predicted octanol–water partition coefficient (Wildman–Crippen LogP) is -2.32. The number of rotatable bonds is 29. The van der Waals surface area contributed by atoms with Crippen LogP contribution >= 0.6 is 0 Å². The van der Waals surface area contributed by atoms with E-state index in [2.05, 4.69) is 31.9 Å². The zero-order valence-corrected chi connectivity index (χ0v) is 36.0. The summed E-state index contributed by atoms with van der Waals surface area (Å²) < 4.78 is 0. The molecule has 19 heteroatoms. The highest BCUT2D eigenvalue weighted by atomic mass is 16.3. The third kappa shape index (κ3) is 18.2. The summed E-state index contributed by atoms with van der Waals surface area (Å²) in [5, 5.41) is 35.0. The Labute approximate surface area is 373 Å². The molecule has 0 fully saturated rings. The molecule has 0 aliphatic heterocycles. The Morgan fingerprint density at radius 2 is 0.719 bits per heavy atom. The van der Waals surface area contributed by atoms with Crippen LogP contribution in [0, 0.1) is 0 Å². The summed E-state index contributed by atoms with van der Waals surface area (Å²) >= 11 is 0. The van der Waals surface area contributed by atoms with Crippen molar-refractivity contribution in [3.8, 4) is 0 Å². The number of nitrogens with two attached hydrogens (primary N) is 4. The number of aliphatic hydroxyl groups excluding tert-OH is 2. The maximum Gasteiger partial charge on any atom is 0.243 e. The molecule has 7 atom stereocenters. The summed E-state index contributed by atoms with van der Waals surface area (Å²) in [7, 11) is 0. The number of hydrogen-bond acceptors (Lipinski definition) is 12.